The van der Waals surface area contributed by atoms with E-state index >= 15 is 0 Å². The average molecular weight is 290 g/mol. The Hall–Kier alpha value is -1.60. The second kappa shape index (κ2) is 5.80. The molecular formula is C12H17F3N4O. The number of carbonyl (C=O) groups excluding carboxylic acids is 1. The molecule has 2 rings (SSSR count). The summed E-state index contributed by atoms with van der Waals surface area (Å²) in [5, 5.41) is 9.09. The minimum absolute atomic E-state index is 0.0261. The number of alkyl halides is 3. The number of hydrogen-bond donors (Lipinski definition) is 2. The number of rotatable bonds is 3. The maximum absolute atomic E-state index is 12.5. The molecule has 1 fully saturated rings. The van der Waals surface area contributed by atoms with Gasteiger partial charge < -0.3 is 5.32 Å². The van der Waals surface area contributed by atoms with Crippen LogP contribution in [0.15, 0.2) is 6.33 Å². The largest absolute Gasteiger partial charge is 0.391 e. The van der Waals surface area contributed by atoms with Crippen LogP contribution in [0.4, 0.5) is 13.2 Å². The highest BCUT2D eigenvalue weighted by Crippen LogP contribution is 2.39. The van der Waals surface area contributed by atoms with Gasteiger partial charge in [0.2, 0.25) is 5.91 Å². The number of nitrogens with one attached hydrogen (secondary N) is 2. The quantitative estimate of drug-likeness (QED) is 0.897. The first-order valence-electron chi connectivity index (χ1n) is 6.60. The molecule has 0 radical (unpaired) electrons. The Morgan fingerprint density at radius 3 is 2.55 bits per heavy atom. The Morgan fingerprint density at radius 1 is 1.40 bits per heavy atom. The van der Waals surface area contributed by atoms with Crippen molar-refractivity contribution >= 4 is 5.91 Å². The van der Waals surface area contributed by atoms with Gasteiger partial charge in [-0.15, -0.1) is 0 Å². The maximum atomic E-state index is 12.5. The zero-order valence-electron chi connectivity index (χ0n) is 11.1. The topological polar surface area (TPSA) is 70.7 Å². The van der Waals surface area contributed by atoms with Crippen molar-refractivity contribution in [3.8, 4) is 0 Å². The van der Waals surface area contributed by atoms with Gasteiger partial charge in [0, 0.05) is 5.92 Å². The summed E-state index contributed by atoms with van der Waals surface area (Å²) < 4.78 is 37.6. The molecule has 0 spiro atoms. The van der Waals surface area contributed by atoms with E-state index in [-0.39, 0.29) is 43.6 Å². The Balaban J connectivity index is 1.83. The predicted molar refractivity (Wildman–Crippen MR) is 64.4 cm³/mol. The Kier molecular flexibility index (Phi) is 4.29. The fourth-order valence-electron chi connectivity index (χ4n) is 2.51. The zero-order chi connectivity index (χ0) is 14.8. The number of nitrogens with zero attached hydrogens (tertiary/aromatic N) is 2. The third-order valence-corrected chi connectivity index (χ3v) is 3.76. The molecule has 1 saturated carbocycles. The second-order valence-electron chi connectivity index (χ2n) is 5.19. The SMILES string of the molecule is CC(NC(=O)C1CCC(C(F)(F)F)CC1)c1ncn[nH]1. The van der Waals surface area contributed by atoms with Gasteiger partial charge in [-0.05, 0) is 32.6 Å². The summed E-state index contributed by atoms with van der Waals surface area (Å²) in [6.45, 7) is 1.75. The van der Waals surface area contributed by atoms with Crippen LogP contribution in [-0.4, -0.2) is 27.3 Å². The predicted octanol–water partition coefficient (Wildman–Crippen LogP) is 2.35. The monoisotopic (exact) mass is 290 g/mol. The first-order chi connectivity index (χ1) is 9.38. The van der Waals surface area contributed by atoms with Crippen molar-refractivity contribution in [3.63, 3.8) is 0 Å². The highest BCUT2D eigenvalue weighted by molar-refractivity contribution is 5.79. The van der Waals surface area contributed by atoms with Crippen molar-refractivity contribution in [2.75, 3.05) is 0 Å². The van der Waals surface area contributed by atoms with E-state index in [1.807, 2.05) is 0 Å². The molecule has 2 N–H and O–H groups in total. The van der Waals surface area contributed by atoms with E-state index in [0.29, 0.717) is 5.82 Å². The molecule has 8 heteroatoms. The van der Waals surface area contributed by atoms with Crippen LogP contribution in [0.2, 0.25) is 0 Å². The molecule has 20 heavy (non-hydrogen) atoms. The number of H-pyrrole nitrogens is 1. The Morgan fingerprint density at radius 2 is 2.05 bits per heavy atom. The Bertz CT molecular complexity index is 438. The minimum Gasteiger partial charge on any atom is -0.346 e. The van der Waals surface area contributed by atoms with E-state index in [1.54, 1.807) is 6.92 Å². The van der Waals surface area contributed by atoms with Crippen LogP contribution in [0.5, 0.6) is 0 Å². The summed E-state index contributed by atoms with van der Waals surface area (Å²) in [4.78, 5) is 15.9. The van der Waals surface area contributed by atoms with E-state index < -0.39 is 12.1 Å². The van der Waals surface area contributed by atoms with Crippen LogP contribution in [-0.2, 0) is 4.79 Å². The van der Waals surface area contributed by atoms with Crippen LogP contribution < -0.4 is 5.32 Å². The minimum atomic E-state index is -4.14. The fourth-order valence-corrected chi connectivity index (χ4v) is 2.51. The summed E-state index contributed by atoms with van der Waals surface area (Å²) >= 11 is 0. The van der Waals surface area contributed by atoms with Gasteiger partial charge in [0.1, 0.15) is 12.2 Å². The molecule has 1 aliphatic rings. The molecule has 0 bridgehead atoms. The lowest BCUT2D eigenvalue weighted by Gasteiger charge is -2.29. The highest BCUT2D eigenvalue weighted by atomic mass is 19.4. The number of aromatic amines is 1. The molecule has 0 aliphatic heterocycles. The first kappa shape index (κ1) is 14.8. The van der Waals surface area contributed by atoms with Crippen molar-refractivity contribution < 1.29 is 18.0 Å². The number of amides is 1. The molecular weight excluding hydrogens is 273 g/mol. The molecule has 1 aliphatic carbocycles. The van der Waals surface area contributed by atoms with Crippen LogP contribution in [0.1, 0.15) is 44.5 Å². The smallest absolute Gasteiger partial charge is 0.346 e. The molecule has 1 aromatic heterocycles. The zero-order valence-corrected chi connectivity index (χ0v) is 11.1. The van der Waals surface area contributed by atoms with Crippen LogP contribution in [0, 0.1) is 11.8 Å². The average Bonchev–Trinajstić information content (AvgIpc) is 2.91. The van der Waals surface area contributed by atoms with Crippen molar-refractivity contribution in [3.05, 3.63) is 12.2 Å². The molecule has 112 valence electrons. The fraction of sp³-hybridized carbons (Fsp3) is 0.750. The first-order valence-corrected chi connectivity index (χ1v) is 6.60. The van der Waals surface area contributed by atoms with Gasteiger partial charge in [-0.1, -0.05) is 0 Å². The van der Waals surface area contributed by atoms with Gasteiger partial charge in [-0.25, -0.2) is 4.98 Å². The molecule has 1 heterocycles. The van der Waals surface area contributed by atoms with E-state index in [4.69, 9.17) is 0 Å². The van der Waals surface area contributed by atoms with E-state index in [1.165, 1.54) is 6.33 Å². The number of hydrogen-bond acceptors (Lipinski definition) is 3. The number of carbonyl (C=O) groups is 1. The van der Waals surface area contributed by atoms with Gasteiger partial charge in [-0.2, -0.15) is 18.3 Å². The number of halogens is 3. The molecule has 5 nitrogen and oxygen atoms in total. The van der Waals surface area contributed by atoms with Crippen molar-refractivity contribution in [2.45, 2.75) is 44.8 Å². The lowest BCUT2D eigenvalue weighted by Crippen LogP contribution is -2.37. The maximum Gasteiger partial charge on any atom is 0.391 e. The summed E-state index contributed by atoms with van der Waals surface area (Å²) in [6, 6.07) is -0.328. The van der Waals surface area contributed by atoms with E-state index in [0.717, 1.165) is 0 Å². The molecule has 0 saturated heterocycles. The number of aromatic nitrogens is 3. The van der Waals surface area contributed by atoms with Gasteiger partial charge in [0.05, 0.1) is 12.0 Å². The summed E-state index contributed by atoms with van der Waals surface area (Å²) in [5.74, 6) is -1.30. The molecule has 1 atom stereocenters. The summed E-state index contributed by atoms with van der Waals surface area (Å²) in [6.07, 6.45) is -2.20. The van der Waals surface area contributed by atoms with Crippen molar-refractivity contribution in [2.24, 2.45) is 11.8 Å². The van der Waals surface area contributed by atoms with Crippen LogP contribution in [0.3, 0.4) is 0 Å². The molecule has 1 aromatic rings. The third-order valence-electron chi connectivity index (χ3n) is 3.76. The highest BCUT2D eigenvalue weighted by Gasteiger charge is 2.42. The van der Waals surface area contributed by atoms with Gasteiger partial charge in [-0.3, -0.25) is 9.89 Å². The molecule has 0 aromatic carbocycles. The lowest BCUT2D eigenvalue weighted by atomic mass is 9.81. The van der Waals surface area contributed by atoms with Crippen LogP contribution >= 0.6 is 0 Å². The van der Waals surface area contributed by atoms with E-state index in [2.05, 4.69) is 20.5 Å². The van der Waals surface area contributed by atoms with Crippen LogP contribution in [0.25, 0.3) is 0 Å². The van der Waals surface area contributed by atoms with Gasteiger partial charge in [0.15, 0.2) is 0 Å². The standard InChI is InChI=1S/C12H17F3N4O/c1-7(10-16-6-17-19-10)18-11(20)8-2-4-9(5-3-8)12(13,14)15/h6-9H,2-5H2,1H3,(H,18,20)(H,16,17,19). The van der Waals surface area contributed by atoms with Crippen molar-refractivity contribution in [1.82, 2.24) is 20.5 Å². The van der Waals surface area contributed by atoms with Gasteiger partial charge in [0.25, 0.3) is 0 Å². The van der Waals surface area contributed by atoms with E-state index in [9.17, 15) is 18.0 Å². The summed E-state index contributed by atoms with van der Waals surface area (Å²) in [5.41, 5.74) is 0. The second-order valence-corrected chi connectivity index (χ2v) is 5.19. The lowest BCUT2D eigenvalue weighted by molar-refractivity contribution is -0.184. The normalized spacial score (nSPS) is 25.2. The van der Waals surface area contributed by atoms with Gasteiger partial charge >= 0.3 is 6.18 Å². The molecule has 1 unspecified atom stereocenters. The molecule has 1 amide bonds. The third kappa shape index (κ3) is 3.49. The summed E-state index contributed by atoms with van der Waals surface area (Å²) in [7, 11) is 0. The van der Waals surface area contributed by atoms with Crippen molar-refractivity contribution in [1.29, 1.82) is 0 Å². The Labute approximate surface area is 114 Å².